The van der Waals surface area contributed by atoms with Crippen molar-refractivity contribution in [2.45, 2.75) is 45.1 Å². The fraction of sp³-hybridized carbons (Fsp3) is 0.524. The van der Waals surface area contributed by atoms with Crippen LogP contribution in [-0.4, -0.2) is 50.7 Å². The number of aryl methyl sites for hydroxylation is 1. The van der Waals surface area contributed by atoms with E-state index >= 15 is 0 Å². The van der Waals surface area contributed by atoms with Crippen LogP contribution < -0.4 is 16.0 Å². The van der Waals surface area contributed by atoms with Gasteiger partial charge in [0, 0.05) is 30.9 Å². The zero-order valence-corrected chi connectivity index (χ0v) is 19.2. The number of nitrogens with zero attached hydrogens (tertiary/aromatic N) is 6. The second kappa shape index (κ2) is 7.76. The molecule has 0 bridgehead atoms. The van der Waals surface area contributed by atoms with Crippen LogP contribution in [0.3, 0.4) is 0 Å². The van der Waals surface area contributed by atoms with E-state index in [1.807, 2.05) is 11.3 Å². The number of piperidine rings is 1. The molecule has 1 saturated heterocycles. The van der Waals surface area contributed by atoms with Crippen molar-refractivity contribution in [3.63, 3.8) is 0 Å². The molecule has 0 amide bonds. The van der Waals surface area contributed by atoms with Crippen LogP contribution in [0.4, 0.5) is 11.8 Å². The number of rotatable bonds is 3. The summed E-state index contributed by atoms with van der Waals surface area (Å²) < 4.78 is 1.94. The Balaban J connectivity index is 1.53. The molecule has 2 aliphatic rings. The molecule has 31 heavy (non-hydrogen) atoms. The average Bonchev–Trinajstić information content (AvgIpc) is 3.40. The monoisotopic (exact) mass is 460 g/mol. The highest BCUT2D eigenvalue weighted by atomic mass is 35.5. The standard InChI is InChI=1S/C21H26Cl2N8/c1-12-15(13-10-26-18(24)17(23)16(13)22)19-29-27-11-31(19)20(28-12)30-8-6-21(7-9-30)5-3-4-14(21)25-2/h10-11,14,25H,3-9H2,1-2H3,(H2,24,26)/t14-/m1/s1. The fourth-order valence-electron chi connectivity index (χ4n) is 5.50. The molecule has 8 nitrogen and oxygen atoms in total. The molecule has 3 aromatic rings. The number of anilines is 2. The fourth-order valence-corrected chi connectivity index (χ4v) is 5.89. The number of aromatic nitrogens is 5. The van der Waals surface area contributed by atoms with Crippen molar-refractivity contribution in [1.82, 2.24) is 29.9 Å². The van der Waals surface area contributed by atoms with Crippen LogP contribution in [0.2, 0.25) is 10.0 Å². The summed E-state index contributed by atoms with van der Waals surface area (Å²) in [5.74, 6) is 1.06. The highest BCUT2D eigenvalue weighted by molar-refractivity contribution is 6.45. The topological polar surface area (TPSA) is 97.3 Å². The summed E-state index contributed by atoms with van der Waals surface area (Å²) in [6.45, 7) is 3.88. The lowest BCUT2D eigenvalue weighted by Crippen LogP contribution is -2.48. The molecule has 0 aromatic carbocycles. The predicted molar refractivity (Wildman–Crippen MR) is 124 cm³/mol. The molecule has 1 saturated carbocycles. The van der Waals surface area contributed by atoms with Crippen LogP contribution >= 0.6 is 23.2 Å². The Labute approximate surface area is 191 Å². The Morgan fingerprint density at radius 3 is 2.71 bits per heavy atom. The number of nitrogen functional groups attached to an aromatic ring is 1. The number of pyridine rings is 1. The summed E-state index contributed by atoms with van der Waals surface area (Å²) >= 11 is 12.8. The number of hydrogen-bond acceptors (Lipinski definition) is 7. The number of hydrogen-bond donors (Lipinski definition) is 2. The Hall–Kier alpha value is -2.16. The van der Waals surface area contributed by atoms with Crippen LogP contribution in [0.1, 0.15) is 37.8 Å². The molecule has 4 heterocycles. The van der Waals surface area contributed by atoms with Gasteiger partial charge in [-0.05, 0) is 45.1 Å². The number of halogens is 2. The molecule has 1 spiro atoms. The zero-order chi connectivity index (χ0) is 21.8. The largest absolute Gasteiger partial charge is 0.382 e. The Kier molecular flexibility index (Phi) is 5.19. The maximum absolute atomic E-state index is 6.50. The highest BCUT2D eigenvalue weighted by Gasteiger charge is 2.44. The molecule has 0 unspecified atom stereocenters. The molecule has 0 radical (unpaired) electrons. The maximum atomic E-state index is 6.50. The normalized spacial score (nSPS) is 20.8. The summed E-state index contributed by atoms with van der Waals surface area (Å²) in [7, 11) is 2.10. The van der Waals surface area contributed by atoms with Crippen LogP contribution in [0.5, 0.6) is 0 Å². The summed E-state index contributed by atoms with van der Waals surface area (Å²) in [5.41, 5.74) is 9.11. The molecule has 5 rings (SSSR count). The van der Waals surface area contributed by atoms with Crippen molar-refractivity contribution < 1.29 is 0 Å². The summed E-state index contributed by atoms with van der Waals surface area (Å²) in [6, 6.07) is 0.617. The van der Waals surface area contributed by atoms with Gasteiger partial charge in [0.05, 0.1) is 16.3 Å². The van der Waals surface area contributed by atoms with Gasteiger partial charge in [0.2, 0.25) is 5.95 Å². The van der Waals surface area contributed by atoms with Gasteiger partial charge in [-0.15, -0.1) is 10.2 Å². The molecule has 10 heteroatoms. The van der Waals surface area contributed by atoms with Crippen LogP contribution in [0.25, 0.3) is 16.8 Å². The van der Waals surface area contributed by atoms with E-state index in [4.69, 9.17) is 33.9 Å². The Morgan fingerprint density at radius 2 is 1.97 bits per heavy atom. The van der Waals surface area contributed by atoms with Crippen molar-refractivity contribution in [1.29, 1.82) is 0 Å². The van der Waals surface area contributed by atoms with E-state index < -0.39 is 0 Å². The van der Waals surface area contributed by atoms with Crippen LogP contribution in [-0.2, 0) is 0 Å². The van der Waals surface area contributed by atoms with Gasteiger partial charge >= 0.3 is 0 Å². The second-order valence-corrected chi connectivity index (χ2v) is 9.42. The number of nitrogens with two attached hydrogens (primary N) is 1. The maximum Gasteiger partial charge on any atom is 0.212 e. The SMILES string of the molecule is CN[C@@H]1CCCC12CCN(c1nc(C)c(-c3cnc(N)c(Cl)c3Cl)c3nncn13)CC2. The summed E-state index contributed by atoms with van der Waals surface area (Å²) in [4.78, 5) is 11.5. The van der Waals surface area contributed by atoms with Crippen molar-refractivity contribution in [3.8, 4) is 11.1 Å². The van der Waals surface area contributed by atoms with Crippen molar-refractivity contribution in [2.75, 3.05) is 30.8 Å². The van der Waals surface area contributed by atoms with Gasteiger partial charge < -0.3 is 16.0 Å². The molecule has 2 fully saturated rings. The van der Waals surface area contributed by atoms with E-state index in [2.05, 4.69) is 32.4 Å². The quantitative estimate of drug-likeness (QED) is 0.613. The Morgan fingerprint density at radius 1 is 1.19 bits per heavy atom. The Bertz CT molecular complexity index is 1140. The van der Waals surface area contributed by atoms with Crippen molar-refractivity contribution in [3.05, 3.63) is 28.3 Å². The smallest absolute Gasteiger partial charge is 0.212 e. The molecule has 1 atom stereocenters. The van der Waals surface area contributed by atoms with E-state index in [0.29, 0.717) is 27.7 Å². The lowest BCUT2D eigenvalue weighted by Gasteiger charge is -2.43. The van der Waals surface area contributed by atoms with Crippen LogP contribution in [0.15, 0.2) is 12.5 Å². The molecular weight excluding hydrogens is 435 g/mol. The number of nitrogens with one attached hydrogen (secondary N) is 1. The predicted octanol–water partition coefficient (Wildman–Crippen LogP) is 3.74. The summed E-state index contributed by atoms with van der Waals surface area (Å²) in [5, 5.41) is 12.7. The highest BCUT2D eigenvalue weighted by Crippen LogP contribution is 2.47. The molecule has 1 aliphatic heterocycles. The third-order valence-electron chi connectivity index (χ3n) is 7.17. The third kappa shape index (κ3) is 3.23. The zero-order valence-electron chi connectivity index (χ0n) is 17.7. The second-order valence-electron chi connectivity index (χ2n) is 8.66. The third-order valence-corrected chi connectivity index (χ3v) is 8.04. The van der Waals surface area contributed by atoms with E-state index in [1.165, 1.54) is 19.3 Å². The minimum absolute atomic E-state index is 0.198. The van der Waals surface area contributed by atoms with Gasteiger partial charge in [0.25, 0.3) is 0 Å². The van der Waals surface area contributed by atoms with Crippen molar-refractivity contribution >= 4 is 40.6 Å². The lowest BCUT2D eigenvalue weighted by molar-refractivity contribution is 0.177. The van der Waals surface area contributed by atoms with Gasteiger partial charge in [-0.2, -0.15) is 0 Å². The van der Waals surface area contributed by atoms with Gasteiger partial charge in [-0.3, -0.25) is 4.40 Å². The molecule has 1 aliphatic carbocycles. The van der Waals surface area contributed by atoms with Crippen LogP contribution in [0, 0.1) is 12.3 Å². The first-order valence-electron chi connectivity index (χ1n) is 10.7. The minimum atomic E-state index is 0.198. The minimum Gasteiger partial charge on any atom is -0.382 e. The van der Waals surface area contributed by atoms with E-state index in [0.717, 1.165) is 43.1 Å². The first-order chi connectivity index (χ1) is 14.9. The molecular formula is C21H26Cl2N8. The van der Waals surface area contributed by atoms with E-state index in [-0.39, 0.29) is 10.8 Å². The van der Waals surface area contributed by atoms with Gasteiger partial charge in [-0.1, -0.05) is 29.6 Å². The first-order valence-corrected chi connectivity index (χ1v) is 11.4. The molecule has 164 valence electrons. The summed E-state index contributed by atoms with van der Waals surface area (Å²) in [6.07, 6.45) is 9.54. The van der Waals surface area contributed by atoms with Crippen molar-refractivity contribution in [2.24, 2.45) is 5.41 Å². The van der Waals surface area contributed by atoms with Gasteiger partial charge in [-0.25, -0.2) is 9.97 Å². The molecule has 3 N–H and O–H groups in total. The van der Waals surface area contributed by atoms with E-state index in [9.17, 15) is 0 Å². The van der Waals surface area contributed by atoms with Gasteiger partial charge in [0.1, 0.15) is 17.2 Å². The number of fused-ring (bicyclic) bond motifs is 1. The lowest BCUT2D eigenvalue weighted by atomic mass is 9.74. The molecule has 3 aromatic heterocycles. The van der Waals surface area contributed by atoms with E-state index in [1.54, 1.807) is 12.5 Å². The van der Waals surface area contributed by atoms with Gasteiger partial charge in [0.15, 0.2) is 5.65 Å². The average molecular weight is 461 g/mol. The first kappa shape index (κ1) is 20.7.